The van der Waals surface area contributed by atoms with E-state index in [4.69, 9.17) is 15.1 Å². The Balaban J connectivity index is 2.26. The number of aliphatic hydroxyl groups is 1. The van der Waals surface area contributed by atoms with Crippen LogP contribution in [0.15, 0.2) is 48.9 Å². The van der Waals surface area contributed by atoms with Gasteiger partial charge in [-0.25, -0.2) is 9.37 Å². The largest absolute Gasteiger partial charge is 0.513 e. The topological polar surface area (TPSA) is 66.1 Å². The van der Waals surface area contributed by atoms with Crippen LogP contribution in [0.25, 0.3) is 0 Å². The number of benzene rings is 1. The summed E-state index contributed by atoms with van der Waals surface area (Å²) in [6.07, 6.45) is 1.63. The number of pyridine rings is 1. The van der Waals surface area contributed by atoms with Crippen molar-refractivity contribution in [3.05, 3.63) is 65.8 Å². The fraction of sp³-hybridized carbons (Fsp3) is 0.0667. The summed E-state index contributed by atoms with van der Waals surface area (Å²) >= 11 is 0. The Labute approximate surface area is 115 Å². The minimum Gasteiger partial charge on any atom is -0.513 e. The normalized spacial score (nSPS) is 9.80. The van der Waals surface area contributed by atoms with Gasteiger partial charge in [-0.2, -0.15) is 5.26 Å². The molecule has 0 fully saturated rings. The minimum absolute atomic E-state index is 0.0347. The number of nitriles is 1. The van der Waals surface area contributed by atoms with Crippen LogP contribution in [0.1, 0.15) is 11.1 Å². The molecule has 1 aromatic heterocycles. The van der Waals surface area contributed by atoms with Crippen LogP contribution in [-0.4, -0.2) is 10.1 Å². The summed E-state index contributed by atoms with van der Waals surface area (Å²) in [5.41, 5.74) is 0.795. The zero-order valence-corrected chi connectivity index (χ0v) is 10.5. The summed E-state index contributed by atoms with van der Waals surface area (Å²) in [5.74, 6) is -0.631. The second-order valence-electron chi connectivity index (χ2n) is 4.08. The molecule has 0 aliphatic carbocycles. The van der Waals surface area contributed by atoms with Gasteiger partial charge < -0.3 is 9.84 Å². The first kappa shape index (κ1) is 13.6. The molecule has 0 saturated carbocycles. The standard InChI is InChI=1S/C15H11FN2O2/c1-10(19)7-11-4-5-14(13(16)8-11)20-15-12(9-17)3-2-6-18-15/h2-6,8,19H,1,7H2. The van der Waals surface area contributed by atoms with E-state index in [1.807, 2.05) is 6.07 Å². The number of aromatic nitrogens is 1. The lowest BCUT2D eigenvalue weighted by Gasteiger charge is -2.08. The summed E-state index contributed by atoms with van der Waals surface area (Å²) in [4.78, 5) is 3.89. The van der Waals surface area contributed by atoms with Crippen LogP contribution in [-0.2, 0) is 6.42 Å². The number of allylic oxidation sites excluding steroid dienone is 1. The maximum Gasteiger partial charge on any atom is 0.237 e. The van der Waals surface area contributed by atoms with Crippen LogP contribution in [0.3, 0.4) is 0 Å². The van der Waals surface area contributed by atoms with Crippen LogP contribution >= 0.6 is 0 Å². The number of rotatable bonds is 4. The first-order valence-corrected chi connectivity index (χ1v) is 5.78. The molecule has 0 saturated heterocycles. The molecule has 0 radical (unpaired) electrons. The van der Waals surface area contributed by atoms with Gasteiger partial charge in [-0.15, -0.1) is 0 Å². The molecule has 0 atom stereocenters. The van der Waals surface area contributed by atoms with Crippen molar-refractivity contribution in [2.45, 2.75) is 6.42 Å². The molecule has 4 nitrogen and oxygen atoms in total. The Morgan fingerprint density at radius 3 is 2.90 bits per heavy atom. The molecule has 2 aromatic rings. The lowest BCUT2D eigenvalue weighted by molar-refractivity contribution is 0.400. The Bertz CT molecular complexity index is 693. The lowest BCUT2D eigenvalue weighted by Crippen LogP contribution is -1.95. The molecule has 0 bridgehead atoms. The van der Waals surface area contributed by atoms with E-state index in [-0.39, 0.29) is 29.4 Å². The Kier molecular flexibility index (Phi) is 3.96. The van der Waals surface area contributed by atoms with Crippen LogP contribution < -0.4 is 4.74 Å². The fourth-order valence-corrected chi connectivity index (χ4v) is 1.63. The van der Waals surface area contributed by atoms with Gasteiger partial charge in [0.2, 0.25) is 5.88 Å². The van der Waals surface area contributed by atoms with E-state index in [1.54, 1.807) is 12.1 Å². The highest BCUT2D eigenvalue weighted by Gasteiger charge is 2.10. The third-order valence-electron chi connectivity index (χ3n) is 2.50. The van der Waals surface area contributed by atoms with E-state index in [0.29, 0.717) is 5.56 Å². The van der Waals surface area contributed by atoms with Gasteiger partial charge in [0.1, 0.15) is 11.6 Å². The van der Waals surface area contributed by atoms with Gasteiger partial charge in [0, 0.05) is 12.6 Å². The first-order valence-electron chi connectivity index (χ1n) is 5.78. The van der Waals surface area contributed by atoms with E-state index < -0.39 is 5.82 Å². The number of hydrogen-bond donors (Lipinski definition) is 1. The molecule has 5 heteroatoms. The number of nitrogens with zero attached hydrogens (tertiary/aromatic N) is 2. The average molecular weight is 270 g/mol. The molecule has 100 valence electrons. The Morgan fingerprint density at radius 1 is 1.45 bits per heavy atom. The monoisotopic (exact) mass is 270 g/mol. The van der Waals surface area contributed by atoms with Gasteiger partial charge in [-0.3, -0.25) is 0 Å². The number of aliphatic hydroxyl groups excluding tert-OH is 1. The van der Waals surface area contributed by atoms with Gasteiger partial charge in [0.15, 0.2) is 11.6 Å². The summed E-state index contributed by atoms with van der Waals surface area (Å²) in [6, 6.07) is 9.31. The molecule has 0 spiro atoms. The van der Waals surface area contributed by atoms with Crippen LogP contribution in [0.2, 0.25) is 0 Å². The molecule has 0 aliphatic rings. The lowest BCUT2D eigenvalue weighted by atomic mass is 10.1. The summed E-state index contributed by atoms with van der Waals surface area (Å²) in [5, 5.41) is 18.0. The third-order valence-corrected chi connectivity index (χ3v) is 2.50. The highest BCUT2D eigenvalue weighted by atomic mass is 19.1. The quantitative estimate of drug-likeness (QED) is 0.863. The SMILES string of the molecule is C=C(O)Cc1ccc(Oc2ncccc2C#N)c(F)c1. The molecule has 1 N–H and O–H groups in total. The molecule has 0 amide bonds. The van der Waals surface area contributed by atoms with E-state index in [9.17, 15) is 4.39 Å². The average Bonchev–Trinajstić information content (AvgIpc) is 2.42. The summed E-state index contributed by atoms with van der Waals surface area (Å²) in [7, 11) is 0. The molecule has 0 aliphatic heterocycles. The van der Waals surface area contributed by atoms with Gasteiger partial charge in [-0.05, 0) is 29.8 Å². The summed E-state index contributed by atoms with van der Waals surface area (Å²) in [6.45, 7) is 3.35. The number of halogens is 1. The highest BCUT2D eigenvalue weighted by molar-refractivity contribution is 5.41. The van der Waals surface area contributed by atoms with Crippen LogP contribution in [0.5, 0.6) is 11.6 Å². The molecular formula is C15H11FN2O2. The Morgan fingerprint density at radius 2 is 2.25 bits per heavy atom. The molecule has 0 unspecified atom stereocenters. The molecule has 1 aromatic carbocycles. The van der Waals surface area contributed by atoms with Crippen molar-refractivity contribution in [3.8, 4) is 17.7 Å². The van der Waals surface area contributed by atoms with Crippen molar-refractivity contribution in [2.75, 3.05) is 0 Å². The smallest absolute Gasteiger partial charge is 0.237 e. The maximum atomic E-state index is 13.9. The van der Waals surface area contributed by atoms with Crippen molar-refractivity contribution in [3.63, 3.8) is 0 Å². The van der Waals surface area contributed by atoms with Crippen molar-refractivity contribution in [1.29, 1.82) is 5.26 Å². The second kappa shape index (κ2) is 5.85. The highest BCUT2D eigenvalue weighted by Crippen LogP contribution is 2.26. The summed E-state index contributed by atoms with van der Waals surface area (Å²) < 4.78 is 19.2. The van der Waals surface area contributed by atoms with Crippen molar-refractivity contribution in [2.24, 2.45) is 0 Å². The molecular weight excluding hydrogens is 259 g/mol. The van der Waals surface area contributed by atoms with Gasteiger partial charge in [0.05, 0.1) is 5.76 Å². The minimum atomic E-state index is -0.599. The van der Waals surface area contributed by atoms with Crippen LogP contribution in [0, 0.1) is 17.1 Å². The van der Waals surface area contributed by atoms with E-state index in [0.717, 1.165) is 0 Å². The fourth-order valence-electron chi connectivity index (χ4n) is 1.63. The first-order chi connectivity index (χ1) is 9.60. The third kappa shape index (κ3) is 3.12. The van der Waals surface area contributed by atoms with Gasteiger partial charge in [-0.1, -0.05) is 12.6 Å². The molecule has 20 heavy (non-hydrogen) atoms. The van der Waals surface area contributed by atoms with Gasteiger partial charge >= 0.3 is 0 Å². The zero-order chi connectivity index (χ0) is 14.5. The number of hydrogen-bond acceptors (Lipinski definition) is 4. The zero-order valence-electron chi connectivity index (χ0n) is 10.5. The second-order valence-corrected chi connectivity index (χ2v) is 4.08. The van der Waals surface area contributed by atoms with E-state index in [1.165, 1.54) is 24.4 Å². The van der Waals surface area contributed by atoms with Crippen molar-refractivity contribution >= 4 is 0 Å². The number of ether oxygens (including phenoxy) is 1. The predicted molar refractivity (Wildman–Crippen MR) is 70.9 cm³/mol. The van der Waals surface area contributed by atoms with Crippen molar-refractivity contribution in [1.82, 2.24) is 4.98 Å². The maximum absolute atomic E-state index is 13.9. The predicted octanol–water partition coefficient (Wildman–Crippen LogP) is 3.50. The Hall–Kier alpha value is -2.87. The van der Waals surface area contributed by atoms with Gasteiger partial charge in [0.25, 0.3) is 0 Å². The molecule has 1 heterocycles. The van der Waals surface area contributed by atoms with Crippen LogP contribution in [0.4, 0.5) is 4.39 Å². The van der Waals surface area contributed by atoms with Crippen molar-refractivity contribution < 1.29 is 14.2 Å². The van der Waals surface area contributed by atoms with E-state index >= 15 is 0 Å². The van der Waals surface area contributed by atoms with E-state index in [2.05, 4.69) is 11.6 Å². The molecule has 2 rings (SSSR count).